The first-order chi connectivity index (χ1) is 10.7. The second kappa shape index (κ2) is 17.9. The van der Waals surface area contributed by atoms with Crippen LogP contribution in [0.1, 0.15) is 0 Å². The number of hydrogen-bond acceptors (Lipinski definition) is 8. The smallest absolute Gasteiger partial charge is 0.741 e. The van der Waals surface area contributed by atoms with Gasteiger partial charge in [0, 0.05) is 14.2 Å². The van der Waals surface area contributed by atoms with Crippen molar-refractivity contribution in [1.82, 2.24) is 0 Å². The average molecular weight is 378 g/mol. The fourth-order valence-corrected chi connectivity index (χ4v) is 0.826. The molecule has 0 fully saturated rings. The molecule has 0 aliphatic heterocycles. The van der Waals surface area contributed by atoms with Gasteiger partial charge in [-0.25, -0.2) is 8.42 Å². The first-order valence-electron chi connectivity index (χ1n) is 6.40. The van der Waals surface area contributed by atoms with Gasteiger partial charge in [0.15, 0.2) is 10.1 Å². The summed E-state index contributed by atoms with van der Waals surface area (Å²) < 4.78 is 84.2. The molecule has 24 heavy (non-hydrogen) atoms. The standard InChI is InChI=1S/C10H22O5.CHF3O3S.Li/c1-11-3-5-13-7-9-15-10-8-14-6-4-12-2;2-1(3,4)8(5,6)7;/h3-10H2,1-2H3;(H,5,6,7);/q;;+1/p-1. The van der Waals surface area contributed by atoms with Crippen molar-refractivity contribution in [2.45, 2.75) is 5.51 Å². The molecule has 142 valence electrons. The van der Waals surface area contributed by atoms with E-state index in [-0.39, 0.29) is 18.9 Å². The van der Waals surface area contributed by atoms with E-state index in [1.165, 1.54) is 0 Å². The van der Waals surface area contributed by atoms with Crippen LogP contribution in [0.4, 0.5) is 13.2 Å². The molecular formula is C11H22F3LiO8S. The molecule has 0 amide bonds. The van der Waals surface area contributed by atoms with Crippen molar-refractivity contribution in [2.75, 3.05) is 67.1 Å². The first kappa shape index (κ1) is 28.9. The van der Waals surface area contributed by atoms with Gasteiger partial charge in [-0.3, -0.25) is 0 Å². The average Bonchev–Trinajstić information content (AvgIpc) is 2.43. The maximum Gasteiger partial charge on any atom is 1.00 e. The van der Waals surface area contributed by atoms with Crippen LogP contribution >= 0.6 is 0 Å². The molecule has 0 N–H and O–H groups in total. The minimum Gasteiger partial charge on any atom is -0.741 e. The van der Waals surface area contributed by atoms with Crippen LogP contribution in [0.15, 0.2) is 0 Å². The van der Waals surface area contributed by atoms with Crippen molar-refractivity contribution in [3.8, 4) is 0 Å². The number of rotatable bonds is 12. The molecule has 0 spiro atoms. The van der Waals surface area contributed by atoms with E-state index in [2.05, 4.69) is 0 Å². The van der Waals surface area contributed by atoms with Gasteiger partial charge in [-0.2, -0.15) is 13.2 Å². The Morgan fingerprint density at radius 1 is 0.750 bits per heavy atom. The molecule has 0 radical (unpaired) electrons. The minimum atomic E-state index is -6.09. The van der Waals surface area contributed by atoms with E-state index in [0.717, 1.165) is 0 Å². The summed E-state index contributed by atoms with van der Waals surface area (Å²) in [7, 11) is -2.79. The van der Waals surface area contributed by atoms with Gasteiger partial charge in [-0.1, -0.05) is 0 Å². The summed E-state index contributed by atoms with van der Waals surface area (Å²) in [5, 5.41) is 0. The second-order valence-corrected chi connectivity index (χ2v) is 5.09. The molecule has 0 saturated heterocycles. The van der Waals surface area contributed by atoms with Crippen LogP contribution in [-0.2, 0) is 33.8 Å². The summed E-state index contributed by atoms with van der Waals surface area (Å²) in [4.78, 5) is 0. The first-order valence-corrected chi connectivity index (χ1v) is 7.81. The van der Waals surface area contributed by atoms with Crippen LogP contribution in [0.2, 0.25) is 0 Å². The van der Waals surface area contributed by atoms with Gasteiger partial charge >= 0.3 is 24.4 Å². The van der Waals surface area contributed by atoms with Crippen LogP contribution in [0, 0.1) is 0 Å². The second-order valence-electron chi connectivity index (χ2n) is 3.72. The Morgan fingerprint density at radius 2 is 0.958 bits per heavy atom. The number of hydrogen-bond donors (Lipinski definition) is 0. The molecule has 0 aromatic heterocycles. The molecule has 0 aliphatic rings. The normalized spacial score (nSPS) is 11.4. The Bertz CT molecular complexity index is 342. The van der Waals surface area contributed by atoms with Gasteiger partial charge in [-0.15, -0.1) is 0 Å². The predicted molar refractivity (Wildman–Crippen MR) is 72.0 cm³/mol. The van der Waals surface area contributed by atoms with E-state index in [1.807, 2.05) is 0 Å². The van der Waals surface area contributed by atoms with E-state index in [9.17, 15) is 13.2 Å². The maximum atomic E-state index is 10.7. The van der Waals surface area contributed by atoms with Gasteiger partial charge in [-0.05, 0) is 0 Å². The van der Waals surface area contributed by atoms with Crippen molar-refractivity contribution in [3.63, 3.8) is 0 Å². The van der Waals surface area contributed by atoms with E-state index < -0.39 is 15.6 Å². The van der Waals surface area contributed by atoms with E-state index in [0.29, 0.717) is 52.9 Å². The molecule has 0 aromatic carbocycles. The Morgan fingerprint density at radius 3 is 1.12 bits per heavy atom. The van der Waals surface area contributed by atoms with Gasteiger partial charge in [0.2, 0.25) is 0 Å². The molecule has 0 atom stereocenters. The molecule has 0 aliphatic carbocycles. The number of alkyl halides is 3. The van der Waals surface area contributed by atoms with Crippen molar-refractivity contribution in [1.29, 1.82) is 0 Å². The quantitative estimate of drug-likeness (QED) is 0.157. The summed E-state index contributed by atoms with van der Waals surface area (Å²) in [6.07, 6.45) is 0. The third-order valence-corrected chi connectivity index (χ3v) is 2.46. The van der Waals surface area contributed by atoms with Gasteiger partial charge in [0.25, 0.3) is 0 Å². The minimum absolute atomic E-state index is 0. The zero-order chi connectivity index (χ0) is 18.2. The summed E-state index contributed by atoms with van der Waals surface area (Å²) in [5.41, 5.74) is -5.65. The van der Waals surface area contributed by atoms with Crippen molar-refractivity contribution in [2.24, 2.45) is 0 Å². The number of halogens is 3. The Balaban J connectivity index is -0.000000419. The van der Waals surface area contributed by atoms with E-state index in [1.54, 1.807) is 14.2 Å². The third-order valence-electron chi connectivity index (χ3n) is 1.89. The topological polar surface area (TPSA) is 103 Å². The Kier molecular flexibility index (Phi) is 21.5. The molecule has 8 nitrogen and oxygen atoms in total. The van der Waals surface area contributed by atoms with E-state index >= 15 is 0 Å². The molecule has 0 unspecified atom stereocenters. The van der Waals surface area contributed by atoms with Crippen molar-refractivity contribution in [3.05, 3.63) is 0 Å². The zero-order valence-electron chi connectivity index (χ0n) is 14.0. The predicted octanol–water partition coefficient (Wildman–Crippen LogP) is -2.62. The monoisotopic (exact) mass is 378 g/mol. The molecular weight excluding hydrogens is 356 g/mol. The summed E-state index contributed by atoms with van der Waals surface area (Å²) in [6, 6.07) is 0. The fourth-order valence-electron chi connectivity index (χ4n) is 0.826. The van der Waals surface area contributed by atoms with Crippen LogP contribution in [-0.4, -0.2) is 85.6 Å². The van der Waals surface area contributed by atoms with Crippen molar-refractivity contribution < 1.29 is 68.7 Å². The molecule has 0 heterocycles. The van der Waals surface area contributed by atoms with Crippen molar-refractivity contribution >= 4 is 10.1 Å². The molecule has 0 saturated carbocycles. The largest absolute Gasteiger partial charge is 1.00 e. The van der Waals surface area contributed by atoms with Gasteiger partial charge < -0.3 is 28.2 Å². The molecule has 0 aromatic rings. The molecule has 0 bridgehead atoms. The third kappa shape index (κ3) is 22.1. The van der Waals surface area contributed by atoms with Gasteiger partial charge in [0.1, 0.15) is 0 Å². The van der Waals surface area contributed by atoms with E-state index in [4.69, 9.17) is 36.7 Å². The van der Waals surface area contributed by atoms with Crippen LogP contribution in [0.3, 0.4) is 0 Å². The SMILES string of the molecule is COCCOCCOCCOCCOC.O=S(=O)([O-])C(F)(F)F.[Li+]. The number of methoxy groups -OCH3 is 2. The fraction of sp³-hybridized carbons (Fsp3) is 1.00. The van der Waals surface area contributed by atoms with Gasteiger partial charge in [0.05, 0.1) is 52.9 Å². The molecule has 0 rings (SSSR count). The molecule has 13 heteroatoms. The maximum absolute atomic E-state index is 10.7. The Labute approximate surface area is 151 Å². The van der Waals surface area contributed by atoms with Crippen LogP contribution in [0.25, 0.3) is 0 Å². The number of ether oxygens (including phenoxy) is 5. The summed E-state index contributed by atoms with van der Waals surface area (Å²) in [6.45, 7) is 4.87. The summed E-state index contributed by atoms with van der Waals surface area (Å²) >= 11 is 0. The zero-order valence-corrected chi connectivity index (χ0v) is 14.8. The Hall–Kier alpha value is 0.0974. The van der Waals surface area contributed by atoms with Crippen LogP contribution in [0.5, 0.6) is 0 Å². The summed E-state index contributed by atoms with van der Waals surface area (Å²) in [5.74, 6) is 0. The van der Waals surface area contributed by atoms with Crippen LogP contribution < -0.4 is 18.9 Å².